The van der Waals surface area contributed by atoms with Crippen LogP contribution in [0.4, 0.5) is 11.4 Å². The number of piperazine rings is 1. The molecule has 0 bridgehead atoms. The van der Waals surface area contributed by atoms with Gasteiger partial charge in [0.05, 0.1) is 29.0 Å². The summed E-state index contributed by atoms with van der Waals surface area (Å²) < 4.78 is 25.0. The average Bonchev–Trinajstić information content (AvgIpc) is 3.98. The maximum atomic E-state index is 12.9. The first-order chi connectivity index (χ1) is 25.3. The molecule has 2 unspecified atom stereocenters. The number of hydrogen-bond donors (Lipinski definition) is 0. The zero-order chi connectivity index (χ0) is 35.8. The van der Waals surface area contributed by atoms with E-state index < -0.39 is 5.79 Å². The quantitative estimate of drug-likeness (QED) is 0.141. The summed E-state index contributed by atoms with van der Waals surface area (Å²) in [5.41, 5.74) is 3.76. The summed E-state index contributed by atoms with van der Waals surface area (Å²) in [6, 6.07) is 19.7. The van der Waals surface area contributed by atoms with Crippen LogP contribution in [-0.2, 0) is 21.8 Å². The maximum absolute atomic E-state index is 12.9. The van der Waals surface area contributed by atoms with Crippen molar-refractivity contribution in [1.29, 1.82) is 0 Å². The highest BCUT2D eigenvalue weighted by Gasteiger charge is 2.45. The third kappa shape index (κ3) is 6.79. The van der Waals surface area contributed by atoms with E-state index >= 15 is 0 Å². The SMILES string of the molecule is CCC(C)n1ncn(-c2ccc(N3CCN(c4csc5cc(OCC6CO[C@](Cn7cncn7)(c7ccc(Cl)cc7Cl)O6)ccc45)CC3)cc2)c1=O. The maximum Gasteiger partial charge on any atom is 0.350 e. The average molecular weight is 762 g/mol. The van der Waals surface area contributed by atoms with Crippen molar-refractivity contribution < 1.29 is 14.2 Å². The van der Waals surface area contributed by atoms with Crippen LogP contribution in [0.3, 0.4) is 0 Å². The second-order valence-electron chi connectivity index (χ2n) is 13.1. The number of hydrogen-bond acceptors (Lipinski definition) is 10. The van der Waals surface area contributed by atoms with Gasteiger partial charge in [-0.3, -0.25) is 0 Å². The number of fused-ring (bicyclic) bond motifs is 1. The molecule has 0 amide bonds. The van der Waals surface area contributed by atoms with E-state index in [1.807, 2.05) is 31.2 Å². The van der Waals surface area contributed by atoms with E-state index in [9.17, 15) is 4.79 Å². The third-order valence-electron chi connectivity index (χ3n) is 9.82. The standard InChI is InChI=1S/C37H38Cl2N8O4S/c1-3-25(2)47-36(48)46(24-42-47)28-7-5-27(6-8-28)43-12-14-44(15-13-43)34-20-52-35-17-29(9-10-31(34)35)49-18-30-19-50-37(51-30,21-45-23-40-22-41-45)32-11-4-26(38)16-33(32)39/h4-11,16-17,20,22-25,30H,3,12-15,18-19,21H2,1-2H3/t25?,30?,37-/m0/s1. The van der Waals surface area contributed by atoms with Crippen LogP contribution in [0.25, 0.3) is 15.8 Å². The van der Waals surface area contributed by atoms with Gasteiger partial charge in [0.15, 0.2) is 0 Å². The molecule has 5 heterocycles. The Kier molecular flexibility index (Phi) is 9.70. The summed E-state index contributed by atoms with van der Waals surface area (Å²) >= 11 is 14.5. The van der Waals surface area contributed by atoms with Crippen LogP contribution < -0.4 is 20.2 Å². The Balaban J connectivity index is 0.887. The lowest BCUT2D eigenvalue weighted by Crippen LogP contribution is -2.46. The molecule has 3 atom stereocenters. The van der Waals surface area contributed by atoms with Crippen LogP contribution in [0.2, 0.25) is 10.0 Å². The number of rotatable bonds is 11. The van der Waals surface area contributed by atoms with Gasteiger partial charge in [0.1, 0.15) is 44.0 Å². The van der Waals surface area contributed by atoms with E-state index in [0.29, 0.717) is 28.8 Å². The number of anilines is 2. The molecule has 0 N–H and O–H groups in total. The zero-order valence-electron chi connectivity index (χ0n) is 28.8. The number of nitrogens with zero attached hydrogens (tertiary/aromatic N) is 8. The molecule has 3 aromatic heterocycles. The number of benzene rings is 3. The van der Waals surface area contributed by atoms with Crippen LogP contribution in [0.5, 0.6) is 5.75 Å². The minimum absolute atomic E-state index is 0.0640. The lowest BCUT2D eigenvalue weighted by atomic mass is 10.1. The van der Waals surface area contributed by atoms with Crippen LogP contribution in [0.1, 0.15) is 31.9 Å². The Morgan fingerprint density at radius 2 is 1.77 bits per heavy atom. The van der Waals surface area contributed by atoms with Crippen molar-refractivity contribution in [3.8, 4) is 11.4 Å². The first-order valence-corrected chi connectivity index (χ1v) is 18.9. The number of halogens is 2. The Bertz CT molecular complexity index is 2210. The molecule has 0 aliphatic carbocycles. The molecule has 2 fully saturated rings. The van der Waals surface area contributed by atoms with Crippen molar-refractivity contribution in [2.45, 2.75) is 44.7 Å². The van der Waals surface area contributed by atoms with Gasteiger partial charge in [-0.05, 0) is 67.9 Å². The minimum Gasteiger partial charge on any atom is -0.491 e. The van der Waals surface area contributed by atoms with Crippen molar-refractivity contribution >= 4 is 56.0 Å². The van der Waals surface area contributed by atoms with Gasteiger partial charge < -0.3 is 24.0 Å². The van der Waals surface area contributed by atoms with E-state index in [-0.39, 0.29) is 24.4 Å². The Labute approximate surface area is 314 Å². The van der Waals surface area contributed by atoms with Gasteiger partial charge in [-0.15, -0.1) is 11.3 Å². The third-order valence-corrected chi connectivity index (χ3v) is 11.3. The molecule has 6 aromatic rings. The predicted octanol–water partition coefficient (Wildman–Crippen LogP) is 6.79. The molecule has 270 valence electrons. The molecule has 52 heavy (non-hydrogen) atoms. The van der Waals surface area contributed by atoms with Crippen molar-refractivity contribution in [3.05, 3.63) is 111 Å². The largest absolute Gasteiger partial charge is 0.491 e. The highest BCUT2D eigenvalue weighted by atomic mass is 35.5. The summed E-state index contributed by atoms with van der Waals surface area (Å²) in [7, 11) is 0. The lowest BCUT2D eigenvalue weighted by Gasteiger charge is -2.37. The van der Waals surface area contributed by atoms with E-state index in [0.717, 1.165) is 54.4 Å². The topological polar surface area (TPSA) is 105 Å². The molecule has 8 rings (SSSR count). The molecule has 0 saturated carbocycles. The molecule has 3 aromatic carbocycles. The van der Waals surface area contributed by atoms with Gasteiger partial charge in [0.25, 0.3) is 0 Å². The van der Waals surface area contributed by atoms with Gasteiger partial charge in [-0.25, -0.2) is 23.7 Å². The fourth-order valence-electron chi connectivity index (χ4n) is 6.80. The van der Waals surface area contributed by atoms with Crippen LogP contribution in [0, 0.1) is 0 Å². The zero-order valence-corrected chi connectivity index (χ0v) is 31.1. The van der Waals surface area contributed by atoms with E-state index in [1.54, 1.807) is 50.1 Å². The van der Waals surface area contributed by atoms with Crippen molar-refractivity contribution in [1.82, 2.24) is 29.1 Å². The fourth-order valence-corrected chi connectivity index (χ4v) is 8.35. The normalized spacial score (nSPS) is 19.8. The molecule has 2 saturated heterocycles. The first-order valence-electron chi connectivity index (χ1n) is 17.3. The second-order valence-corrected chi connectivity index (χ2v) is 14.8. The van der Waals surface area contributed by atoms with Gasteiger partial charge in [0.2, 0.25) is 5.79 Å². The summed E-state index contributed by atoms with van der Waals surface area (Å²) in [5, 5.41) is 13.0. The van der Waals surface area contributed by atoms with Crippen molar-refractivity contribution in [2.75, 3.05) is 49.2 Å². The number of thiophene rings is 1. The fraction of sp³-hybridized carbons (Fsp3) is 0.351. The first kappa shape index (κ1) is 34.7. The summed E-state index contributed by atoms with van der Waals surface area (Å²) in [6.07, 6.45) is 5.20. The van der Waals surface area contributed by atoms with E-state index in [2.05, 4.69) is 61.6 Å². The molecule has 15 heteroatoms. The molecule has 2 aliphatic heterocycles. The molecule has 2 aliphatic rings. The summed E-state index contributed by atoms with van der Waals surface area (Å²) in [6.45, 7) is 8.54. The molecule has 0 spiro atoms. The van der Waals surface area contributed by atoms with Gasteiger partial charge in [0, 0.05) is 57.9 Å². The predicted molar refractivity (Wildman–Crippen MR) is 204 cm³/mol. The molecular weight excluding hydrogens is 723 g/mol. The van der Waals surface area contributed by atoms with E-state index in [4.69, 9.17) is 37.4 Å². The Morgan fingerprint density at radius 1 is 0.981 bits per heavy atom. The van der Waals surface area contributed by atoms with Crippen LogP contribution >= 0.6 is 34.5 Å². The summed E-state index contributed by atoms with van der Waals surface area (Å²) in [4.78, 5) is 21.8. The van der Waals surface area contributed by atoms with Crippen molar-refractivity contribution in [3.63, 3.8) is 0 Å². The highest BCUT2D eigenvalue weighted by Crippen LogP contribution is 2.41. The monoisotopic (exact) mass is 760 g/mol. The molecular formula is C37H38Cl2N8O4S. The van der Waals surface area contributed by atoms with E-state index in [1.165, 1.54) is 17.4 Å². The van der Waals surface area contributed by atoms with Gasteiger partial charge >= 0.3 is 5.69 Å². The van der Waals surface area contributed by atoms with Gasteiger partial charge in [-0.2, -0.15) is 10.2 Å². The van der Waals surface area contributed by atoms with Gasteiger partial charge in [-0.1, -0.05) is 36.2 Å². The smallest absolute Gasteiger partial charge is 0.350 e. The lowest BCUT2D eigenvalue weighted by molar-refractivity contribution is -0.190. The van der Waals surface area contributed by atoms with Crippen LogP contribution in [0.15, 0.2) is 89.8 Å². The molecule has 0 radical (unpaired) electrons. The minimum atomic E-state index is -1.16. The number of ether oxygens (including phenoxy) is 3. The molecule has 12 nitrogen and oxygen atoms in total. The Morgan fingerprint density at radius 3 is 2.52 bits per heavy atom. The summed E-state index contributed by atoms with van der Waals surface area (Å²) in [5.74, 6) is -0.395. The Hall–Kier alpha value is -4.40. The highest BCUT2D eigenvalue weighted by molar-refractivity contribution is 7.17. The second kappa shape index (κ2) is 14.6. The number of aromatic nitrogens is 6. The van der Waals surface area contributed by atoms with Crippen molar-refractivity contribution in [2.24, 2.45) is 0 Å². The van der Waals surface area contributed by atoms with Crippen LogP contribution in [-0.4, -0.2) is 74.6 Å².